The molecule has 34 heavy (non-hydrogen) atoms. The van der Waals surface area contributed by atoms with Crippen LogP contribution in [0.2, 0.25) is 0 Å². The molecule has 0 spiro atoms. The van der Waals surface area contributed by atoms with Crippen molar-refractivity contribution in [3.05, 3.63) is 35.9 Å². The number of likely N-dealkylation sites (tertiary alicyclic amines) is 1. The number of carbonyl (C=O) groups is 5. The number of piperidine rings is 1. The number of rotatable bonds is 7. The van der Waals surface area contributed by atoms with Crippen molar-refractivity contribution < 1.29 is 52.0 Å². The third-order valence-electron chi connectivity index (χ3n) is 4.70. The molecule has 5 atom stereocenters. The molecule has 1 unspecified atom stereocenters. The van der Waals surface area contributed by atoms with Gasteiger partial charge in [-0.2, -0.15) is 0 Å². The summed E-state index contributed by atoms with van der Waals surface area (Å²) in [5.41, 5.74) is 0.602. The Balaban J connectivity index is 2.47. The molecule has 1 heterocycles. The van der Waals surface area contributed by atoms with Gasteiger partial charge in [0.25, 0.3) is 0 Å². The SMILES string of the molecule is CC(=O)OC[C@@H]1[C@@H](OC(C)=O)[C@H](OC(C)=O)[C@@H](OC(C)=O)C(F)N1C(=O)OCc1ccccc1. The first-order valence-electron chi connectivity index (χ1n) is 10.3. The van der Waals surface area contributed by atoms with Crippen molar-refractivity contribution in [3.63, 3.8) is 0 Å². The van der Waals surface area contributed by atoms with Crippen molar-refractivity contribution in [1.82, 2.24) is 4.90 Å². The molecule has 1 aromatic carbocycles. The highest BCUT2D eigenvalue weighted by molar-refractivity contribution is 5.71. The molecule has 11 nitrogen and oxygen atoms in total. The van der Waals surface area contributed by atoms with E-state index in [1.165, 1.54) is 0 Å². The molecule has 12 heteroatoms. The Labute approximate surface area is 195 Å². The fourth-order valence-corrected chi connectivity index (χ4v) is 3.45. The lowest BCUT2D eigenvalue weighted by Crippen LogP contribution is -2.69. The van der Waals surface area contributed by atoms with Crippen molar-refractivity contribution >= 4 is 30.0 Å². The first-order chi connectivity index (χ1) is 16.0. The van der Waals surface area contributed by atoms with E-state index in [-0.39, 0.29) is 6.61 Å². The quantitative estimate of drug-likeness (QED) is 0.320. The lowest BCUT2D eigenvalue weighted by molar-refractivity contribution is -0.228. The van der Waals surface area contributed by atoms with Crippen LogP contribution in [0.25, 0.3) is 0 Å². The number of hydrogen-bond donors (Lipinski definition) is 0. The molecule has 1 aromatic rings. The Morgan fingerprint density at radius 3 is 1.82 bits per heavy atom. The summed E-state index contributed by atoms with van der Waals surface area (Å²) in [4.78, 5) is 60.1. The van der Waals surface area contributed by atoms with E-state index in [1.54, 1.807) is 30.3 Å². The van der Waals surface area contributed by atoms with E-state index in [1.807, 2.05) is 0 Å². The van der Waals surface area contributed by atoms with Crippen LogP contribution in [0.3, 0.4) is 0 Å². The van der Waals surface area contributed by atoms with Crippen LogP contribution in [0.15, 0.2) is 30.3 Å². The number of amides is 1. The largest absolute Gasteiger partial charge is 0.464 e. The standard InChI is InChI=1S/C22H26FNO10/c1-12(25)30-11-17-18(32-13(2)26)19(33-14(3)27)20(34-15(4)28)21(23)24(17)22(29)31-10-16-8-6-5-7-9-16/h5-9,17-21H,10-11H2,1-4H3/t17-,18-,19+,20-,21?/m1/s1. The van der Waals surface area contributed by atoms with Gasteiger partial charge >= 0.3 is 30.0 Å². The van der Waals surface area contributed by atoms with Crippen LogP contribution in [0, 0.1) is 0 Å². The number of halogens is 1. The molecule has 0 radical (unpaired) electrons. The van der Waals surface area contributed by atoms with Gasteiger partial charge in [0.05, 0.1) is 0 Å². The number of alkyl halides is 1. The van der Waals surface area contributed by atoms with Crippen molar-refractivity contribution in [1.29, 1.82) is 0 Å². The molecule has 0 aliphatic carbocycles. The van der Waals surface area contributed by atoms with Crippen molar-refractivity contribution in [3.8, 4) is 0 Å². The molecule has 0 N–H and O–H groups in total. The number of carbonyl (C=O) groups excluding carboxylic acids is 5. The van der Waals surface area contributed by atoms with Crippen LogP contribution in [-0.4, -0.2) is 72.1 Å². The maximum absolute atomic E-state index is 15.7. The van der Waals surface area contributed by atoms with E-state index >= 15 is 4.39 Å². The zero-order chi connectivity index (χ0) is 25.4. The zero-order valence-corrected chi connectivity index (χ0v) is 19.1. The van der Waals surface area contributed by atoms with Gasteiger partial charge in [-0.25, -0.2) is 9.18 Å². The number of hydrogen-bond acceptors (Lipinski definition) is 10. The maximum atomic E-state index is 15.7. The summed E-state index contributed by atoms with van der Waals surface area (Å²) in [6.45, 7) is 3.27. The van der Waals surface area contributed by atoms with Crippen LogP contribution in [0.4, 0.5) is 9.18 Å². The third-order valence-corrected chi connectivity index (χ3v) is 4.70. The zero-order valence-electron chi connectivity index (χ0n) is 19.1. The molecule has 1 aliphatic rings. The highest BCUT2D eigenvalue weighted by atomic mass is 19.1. The van der Waals surface area contributed by atoms with Gasteiger partial charge in [-0.3, -0.25) is 24.1 Å². The van der Waals surface area contributed by atoms with Gasteiger partial charge in [-0.1, -0.05) is 30.3 Å². The summed E-state index contributed by atoms with van der Waals surface area (Å²) < 4.78 is 41.3. The van der Waals surface area contributed by atoms with Crippen LogP contribution < -0.4 is 0 Å². The maximum Gasteiger partial charge on any atom is 0.413 e. The van der Waals surface area contributed by atoms with Gasteiger partial charge in [0.2, 0.25) is 6.30 Å². The second-order valence-corrected chi connectivity index (χ2v) is 7.41. The van der Waals surface area contributed by atoms with Gasteiger partial charge in [-0.15, -0.1) is 0 Å². The molecule has 1 amide bonds. The fraction of sp³-hybridized carbons (Fsp3) is 0.500. The average Bonchev–Trinajstić information content (AvgIpc) is 2.75. The molecule has 0 bridgehead atoms. The number of esters is 4. The van der Waals surface area contributed by atoms with Crippen LogP contribution in [-0.2, 0) is 49.5 Å². The number of benzene rings is 1. The van der Waals surface area contributed by atoms with Crippen LogP contribution in [0.5, 0.6) is 0 Å². The monoisotopic (exact) mass is 483 g/mol. The lowest BCUT2D eigenvalue weighted by Gasteiger charge is -2.47. The molecular formula is C22H26FNO10. The Bertz CT molecular complexity index is 908. The second-order valence-electron chi connectivity index (χ2n) is 7.41. The van der Waals surface area contributed by atoms with E-state index in [0.717, 1.165) is 27.7 Å². The van der Waals surface area contributed by atoms with Crippen molar-refractivity contribution in [2.45, 2.75) is 65.0 Å². The van der Waals surface area contributed by atoms with Gasteiger partial charge in [0.15, 0.2) is 18.3 Å². The predicted molar refractivity (Wildman–Crippen MR) is 110 cm³/mol. The molecule has 0 saturated carbocycles. The van der Waals surface area contributed by atoms with E-state index in [4.69, 9.17) is 23.7 Å². The van der Waals surface area contributed by atoms with E-state index in [9.17, 15) is 24.0 Å². The van der Waals surface area contributed by atoms with Crippen molar-refractivity contribution in [2.24, 2.45) is 0 Å². The topological polar surface area (TPSA) is 135 Å². The molecule has 0 aromatic heterocycles. The number of nitrogens with zero attached hydrogens (tertiary/aromatic N) is 1. The minimum absolute atomic E-state index is 0.229. The summed E-state index contributed by atoms with van der Waals surface area (Å²) in [7, 11) is 0. The number of ether oxygens (including phenoxy) is 5. The second kappa shape index (κ2) is 12.0. The molecule has 1 saturated heterocycles. The predicted octanol–water partition coefficient (Wildman–Crippen LogP) is 1.66. The lowest BCUT2D eigenvalue weighted by atomic mass is 9.92. The molecular weight excluding hydrogens is 457 g/mol. The summed E-state index contributed by atoms with van der Waals surface area (Å²) >= 11 is 0. The summed E-state index contributed by atoms with van der Waals surface area (Å²) in [6, 6.07) is 7.05. The minimum Gasteiger partial charge on any atom is -0.464 e. The van der Waals surface area contributed by atoms with Gasteiger partial charge in [-0.05, 0) is 5.56 Å². The molecule has 186 valence electrons. The first kappa shape index (κ1) is 26.6. The van der Waals surface area contributed by atoms with Gasteiger partial charge in [0.1, 0.15) is 19.3 Å². The summed E-state index contributed by atoms with van der Waals surface area (Å²) in [5.74, 6) is -3.47. The first-order valence-corrected chi connectivity index (χ1v) is 10.3. The third kappa shape index (κ3) is 7.15. The van der Waals surface area contributed by atoms with Crippen LogP contribution in [0.1, 0.15) is 33.3 Å². The van der Waals surface area contributed by atoms with E-state index in [2.05, 4.69) is 0 Å². The highest BCUT2D eigenvalue weighted by Gasteiger charge is 2.57. The van der Waals surface area contributed by atoms with Crippen LogP contribution >= 0.6 is 0 Å². The smallest absolute Gasteiger partial charge is 0.413 e. The van der Waals surface area contributed by atoms with E-state index < -0.39 is 67.2 Å². The van der Waals surface area contributed by atoms with Gasteiger partial charge in [0, 0.05) is 27.7 Å². The van der Waals surface area contributed by atoms with E-state index in [0.29, 0.717) is 10.5 Å². The fourth-order valence-electron chi connectivity index (χ4n) is 3.45. The Hall–Kier alpha value is -3.70. The Kier molecular flexibility index (Phi) is 9.34. The summed E-state index contributed by atoms with van der Waals surface area (Å²) in [5, 5.41) is 0. The molecule has 1 fully saturated rings. The minimum atomic E-state index is -2.40. The van der Waals surface area contributed by atoms with Crippen molar-refractivity contribution in [2.75, 3.05) is 6.61 Å². The average molecular weight is 483 g/mol. The Morgan fingerprint density at radius 2 is 1.29 bits per heavy atom. The molecule has 1 aliphatic heterocycles. The Morgan fingerprint density at radius 1 is 0.765 bits per heavy atom. The van der Waals surface area contributed by atoms with Gasteiger partial charge < -0.3 is 23.7 Å². The normalized spacial score (nSPS) is 23.9. The highest BCUT2D eigenvalue weighted by Crippen LogP contribution is 2.33. The summed E-state index contributed by atoms with van der Waals surface area (Å²) in [6.07, 6.45) is -8.66. The molecule has 2 rings (SSSR count).